The van der Waals surface area contributed by atoms with Gasteiger partial charge < -0.3 is 5.11 Å². The average molecular weight is 468 g/mol. The van der Waals surface area contributed by atoms with Gasteiger partial charge >= 0.3 is 0 Å². The molecule has 3 saturated carbocycles. The van der Waals surface area contributed by atoms with Crippen molar-refractivity contribution < 1.29 is 14.7 Å². The highest BCUT2D eigenvalue weighted by molar-refractivity contribution is 14.1. The lowest BCUT2D eigenvalue weighted by Crippen LogP contribution is -2.50. The molecule has 4 aliphatic carbocycles. The minimum absolute atomic E-state index is 0.00176. The van der Waals surface area contributed by atoms with Gasteiger partial charge in [0.05, 0.1) is 4.43 Å². The second kappa shape index (κ2) is 6.54. The van der Waals surface area contributed by atoms with Gasteiger partial charge in [-0.1, -0.05) is 48.1 Å². The van der Waals surface area contributed by atoms with E-state index in [0.29, 0.717) is 28.0 Å². The van der Waals surface area contributed by atoms with E-state index >= 15 is 0 Å². The smallest absolute Gasteiger partial charge is 0.178 e. The van der Waals surface area contributed by atoms with Crippen LogP contribution >= 0.6 is 22.6 Å². The molecular formula is C22H29IO3. The van der Waals surface area contributed by atoms with Gasteiger partial charge in [-0.2, -0.15) is 0 Å². The number of hydrogen-bond donors (Lipinski definition) is 1. The summed E-state index contributed by atoms with van der Waals surface area (Å²) < 4.78 is 0.546. The normalized spacial score (nSPS) is 47.0. The number of Topliss-reactive ketones (excluding diaryl/α,β-unsaturated/α-hetero) is 1. The highest BCUT2D eigenvalue weighted by Crippen LogP contribution is 2.67. The lowest BCUT2D eigenvalue weighted by molar-refractivity contribution is -0.128. The van der Waals surface area contributed by atoms with Gasteiger partial charge in [-0.15, -0.1) is 0 Å². The molecule has 0 aromatic heterocycles. The van der Waals surface area contributed by atoms with Crippen LogP contribution in [0.4, 0.5) is 0 Å². The van der Waals surface area contributed by atoms with E-state index in [1.807, 2.05) is 6.08 Å². The quantitative estimate of drug-likeness (QED) is 0.501. The molecule has 142 valence electrons. The first-order valence-corrected chi connectivity index (χ1v) is 11.5. The summed E-state index contributed by atoms with van der Waals surface area (Å²) in [7, 11) is 0. The second-order valence-corrected chi connectivity index (χ2v) is 10.2. The molecule has 0 aromatic rings. The Labute approximate surface area is 169 Å². The van der Waals surface area contributed by atoms with E-state index in [-0.39, 0.29) is 35.1 Å². The van der Waals surface area contributed by atoms with Crippen molar-refractivity contribution in [1.29, 1.82) is 0 Å². The van der Waals surface area contributed by atoms with Gasteiger partial charge in [0.1, 0.15) is 5.78 Å². The number of halogens is 1. The van der Waals surface area contributed by atoms with Crippen LogP contribution < -0.4 is 0 Å². The Bertz CT molecular complexity index is 696. The maximum Gasteiger partial charge on any atom is 0.178 e. The number of fused-ring (bicyclic) bond motifs is 5. The van der Waals surface area contributed by atoms with Crippen molar-refractivity contribution in [2.24, 2.45) is 40.4 Å². The Morgan fingerprint density at radius 2 is 2.08 bits per heavy atom. The van der Waals surface area contributed by atoms with Crippen LogP contribution in [-0.2, 0) is 9.59 Å². The first-order valence-electron chi connectivity index (χ1n) is 9.99. The largest absolute Gasteiger partial charge is 0.396 e. The molecule has 0 aliphatic heterocycles. The van der Waals surface area contributed by atoms with Crippen molar-refractivity contribution in [3.05, 3.63) is 23.8 Å². The van der Waals surface area contributed by atoms with Gasteiger partial charge in [0, 0.05) is 17.9 Å². The van der Waals surface area contributed by atoms with Crippen molar-refractivity contribution >= 4 is 34.2 Å². The Kier molecular flexibility index (Phi) is 4.74. The topological polar surface area (TPSA) is 54.4 Å². The monoisotopic (exact) mass is 468 g/mol. The van der Waals surface area contributed by atoms with E-state index in [1.54, 1.807) is 6.08 Å². The Hall–Kier alpha value is -0.490. The lowest BCUT2D eigenvalue weighted by Gasteiger charge is -2.56. The summed E-state index contributed by atoms with van der Waals surface area (Å²) in [6.45, 7) is 4.77. The summed E-state index contributed by atoms with van der Waals surface area (Å²) in [5, 5.41) is 9.99. The fourth-order valence-corrected chi connectivity index (χ4v) is 7.74. The highest BCUT2D eigenvalue weighted by Gasteiger charge is 2.62. The maximum atomic E-state index is 12.8. The van der Waals surface area contributed by atoms with Crippen LogP contribution in [-0.4, -0.2) is 27.7 Å². The Morgan fingerprint density at radius 1 is 1.31 bits per heavy atom. The molecule has 0 bridgehead atoms. The number of rotatable bonds is 3. The van der Waals surface area contributed by atoms with E-state index in [2.05, 4.69) is 42.5 Å². The number of ketones is 2. The zero-order valence-electron chi connectivity index (χ0n) is 15.7. The number of aliphatic hydroxyl groups excluding tert-OH is 1. The zero-order valence-corrected chi connectivity index (χ0v) is 17.9. The van der Waals surface area contributed by atoms with Crippen molar-refractivity contribution in [2.45, 2.75) is 46.0 Å². The van der Waals surface area contributed by atoms with Crippen LogP contribution in [0.15, 0.2) is 23.8 Å². The molecule has 0 spiro atoms. The number of carbonyl (C=O) groups excluding carboxylic acids is 2. The summed E-state index contributed by atoms with van der Waals surface area (Å²) >= 11 is 2.19. The summed E-state index contributed by atoms with van der Waals surface area (Å²) in [6.07, 6.45) is 11.1. The number of aliphatic hydroxyl groups is 1. The van der Waals surface area contributed by atoms with Crippen LogP contribution in [0.5, 0.6) is 0 Å². The zero-order chi connectivity index (χ0) is 18.7. The van der Waals surface area contributed by atoms with Gasteiger partial charge in [-0.25, -0.2) is 0 Å². The van der Waals surface area contributed by atoms with Crippen molar-refractivity contribution in [3.63, 3.8) is 0 Å². The average Bonchev–Trinajstić information content (AvgIpc) is 2.94. The Balaban J connectivity index is 1.69. The van der Waals surface area contributed by atoms with Crippen molar-refractivity contribution in [3.8, 4) is 0 Å². The third kappa shape index (κ3) is 2.54. The minimum Gasteiger partial charge on any atom is -0.396 e. The fourth-order valence-electron chi connectivity index (χ4n) is 7.27. The molecular weight excluding hydrogens is 439 g/mol. The van der Waals surface area contributed by atoms with Crippen LogP contribution in [0.1, 0.15) is 46.0 Å². The van der Waals surface area contributed by atoms with E-state index < -0.39 is 0 Å². The van der Waals surface area contributed by atoms with E-state index in [0.717, 1.165) is 32.1 Å². The summed E-state index contributed by atoms with van der Waals surface area (Å²) in [5.41, 5.74) is 1.34. The van der Waals surface area contributed by atoms with Crippen molar-refractivity contribution in [2.75, 3.05) is 11.0 Å². The molecule has 4 rings (SSSR count). The van der Waals surface area contributed by atoms with Gasteiger partial charge in [0.25, 0.3) is 0 Å². The van der Waals surface area contributed by atoms with E-state index in [4.69, 9.17) is 0 Å². The van der Waals surface area contributed by atoms with Gasteiger partial charge in [0.15, 0.2) is 5.78 Å². The molecule has 3 fully saturated rings. The molecule has 1 N–H and O–H groups in total. The summed E-state index contributed by atoms with van der Waals surface area (Å²) in [5.74, 6) is 2.26. The first-order chi connectivity index (χ1) is 12.3. The maximum absolute atomic E-state index is 12.8. The number of allylic oxidation sites excluding steroid dienone is 4. The molecule has 0 unspecified atom stereocenters. The summed E-state index contributed by atoms with van der Waals surface area (Å²) in [6, 6.07) is 0. The molecule has 7 atom stereocenters. The number of alkyl halides is 1. The second-order valence-electron chi connectivity index (χ2n) is 9.40. The molecule has 0 heterocycles. The Morgan fingerprint density at radius 3 is 2.77 bits per heavy atom. The van der Waals surface area contributed by atoms with E-state index in [9.17, 15) is 14.7 Å². The van der Waals surface area contributed by atoms with Crippen LogP contribution in [0.2, 0.25) is 0 Å². The number of hydrogen-bond acceptors (Lipinski definition) is 3. The molecule has 4 heteroatoms. The van der Waals surface area contributed by atoms with Crippen LogP contribution in [0.25, 0.3) is 0 Å². The third-order valence-electron chi connectivity index (χ3n) is 8.45. The van der Waals surface area contributed by atoms with Crippen molar-refractivity contribution in [1.82, 2.24) is 0 Å². The molecule has 0 radical (unpaired) electrons. The standard InChI is InChI=1S/C22H29IO3/c1-21-7-5-15(25)10-14(21)3-4-16-17(21)6-8-22(2)18(16)9-13(12-24)20(22)19(26)11-23/h5,7,10,13,16-18,20,24H,3-4,6,8-9,11-12H2,1-2H3/t13-,16+,17-,18-,20+,21-,22-/m0/s1. The fraction of sp³-hybridized carbons (Fsp3) is 0.727. The molecule has 26 heavy (non-hydrogen) atoms. The first kappa shape index (κ1) is 18.9. The van der Waals surface area contributed by atoms with Crippen LogP contribution in [0, 0.1) is 40.4 Å². The third-order valence-corrected chi connectivity index (χ3v) is 9.20. The van der Waals surface area contributed by atoms with Gasteiger partial charge in [-0.3, -0.25) is 9.59 Å². The molecule has 0 saturated heterocycles. The van der Waals surface area contributed by atoms with E-state index in [1.165, 1.54) is 5.57 Å². The molecule has 0 aromatic carbocycles. The predicted octanol–water partition coefficient (Wildman–Crippen LogP) is 4.13. The molecule has 4 aliphatic rings. The highest BCUT2D eigenvalue weighted by atomic mass is 127. The molecule has 0 amide bonds. The summed E-state index contributed by atoms with van der Waals surface area (Å²) in [4.78, 5) is 24.6. The minimum atomic E-state index is -0.00176. The van der Waals surface area contributed by atoms with Crippen LogP contribution in [0.3, 0.4) is 0 Å². The predicted molar refractivity (Wildman–Crippen MR) is 110 cm³/mol. The van der Waals surface area contributed by atoms with Gasteiger partial charge in [0.2, 0.25) is 0 Å². The lowest BCUT2D eigenvalue weighted by atomic mass is 9.47. The van der Waals surface area contributed by atoms with Gasteiger partial charge in [-0.05, 0) is 73.3 Å². The molecule has 3 nitrogen and oxygen atoms in total. The number of carbonyl (C=O) groups is 2. The SMILES string of the molecule is C[C@]12CC[C@H]3[C@@H](CCC4=CC(=O)C=C[C@@]43C)[C@@H]1C[C@@H](CO)[C@@H]2C(=O)CI.